The monoisotopic (exact) mass is 257 g/mol. The van der Waals surface area contributed by atoms with Crippen LogP contribution in [0.2, 0.25) is 0 Å². The average Bonchev–Trinajstić information content (AvgIpc) is 2.66. The van der Waals surface area contributed by atoms with Crippen LogP contribution in [-0.2, 0) is 12.0 Å². The van der Waals surface area contributed by atoms with Crippen LogP contribution in [-0.4, -0.2) is 6.18 Å². The Morgan fingerprint density at radius 1 is 1.22 bits per heavy atom. The predicted molar refractivity (Wildman–Crippen MR) is 63.2 cm³/mol. The summed E-state index contributed by atoms with van der Waals surface area (Å²) in [6.07, 6.45) is -4.11. The molecule has 0 aliphatic carbocycles. The largest absolute Gasteiger partial charge is 0.458 e. The van der Waals surface area contributed by atoms with Gasteiger partial charge in [-0.1, -0.05) is 25.1 Å². The predicted octanol–water partition coefficient (Wildman–Crippen LogP) is 3.73. The fourth-order valence-electron chi connectivity index (χ4n) is 2.00. The van der Waals surface area contributed by atoms with Gasteiger partial charge in [0.1, 0.15) is 11.3 Å². The van der Waals surface area contributed by atoms with Crippen LogP contribution in [0.4, 0.5) is 13.2 Å². The maximum Gasteiger partial charge on any atom is 0.413 e. The molecular formula is C13H14F3NO. The number of nitrogens with two attached hydrogens (primary N) is 1. The molecule has 2 nitrogen and oxygen atoms in total. The molecule has 1 heterocycles. The standard InChI is InChI=1S/C13H14F3NO/c1-3-8-9-6-4-5-7-10(9)18-11(8)12(2,17)13(14,15)16/h4-7H,3,17H2,1-2H3. The van der Waals surface area contributed by atoms with Gasteiger partial charge in [0, 0.05) is 10.9 Å². The van der Waals surface area contributed by atoms with Gasteiger partial charge in [-0.25, -0.2) is 0 Å². The van der Waals surface area contributed by atoms with Gasteiger partial charge in [-0.2, -0.15) is 13.2 Å². The fraction of sp³-hybridized carbons (Fsp3) is 0.385. The Kier molecular flexibility index (Phi) is 2.89. The number of benzene rings is 1. The SMILES string of the molecule is CCc1c(C(C)(N)C(F)(F)F)oc2ccccc12. The van der Waals surface area contributed by atoms with E-state index < -0.39 is 11.7 Å². The maximum absolute atomic E-state index is 13.0. The number of hydrogen-bond donors (Lipinski definition) is 1. The first-order valence-corrected chi connectivity index (χ1v) is 5.65. The minimum atomic E-state index is -4.55. The second-order valence-corrected chi connectivity index (χ2v) is 4.46. The molecule has 0 aliphatic heterocycles. The lowest BCUT2D eigenvalue weighted by atomic mass is 9.94. The Labute approximate surface area is 103 Å². The minimum Gasteiger partial charge on any atom is -0.458 e. The first-order valence-electron chi connectivity index (χ1n) is 5.65. The fourth-order valence-corrected chi connectivity index (χ4v) is 2.00. The number of fused-ring (bicyclic) bond motifs is 1. The van der Waals surface area contributed by atoms with E-state index in [1.807, 2.05) is 0 Å². The van der Waals surface area contributed by atoms with Crippen molar-refractivity contribution in [3.63, 3.8) is 0 Å². The van der Waals surface area contributed by atoms with Crippen LogP contribution in [0.25, 0.3) is 11.0 Å². The molecule has 2 N–H and O–H groups in total. The molecule has 18 heavy (non-hydrogen) atoms. The quantitative estimate of drug-likeness (QED) is 0.890. The second-order valence-electron chi connectivity index (χ2n) is 4.46. The van der Waals surface area contributed by atoms with Crippen molar-refractivity contribution in [2.45, 2.75) is 32.0 Å². The van der Waals surface area contributed by atoms with Crippen molar-refractivity contribution in [1.82, 2.24) is 0 Å². The highest BCUT2D eigenvalue weighted by molar-refractivity contribution is 5.82. The maximum atomic E-state index is 13.0. The highest BCUT2D eigenvalue weighted by Crippen LogP contribution is 2.41. The van der Waals surface area contributed by atoms with Gasteiger partial charge in [0.25, 0.3) is 0 Å². The number of alkyl halides is 3. The molecular weight excluding hydrogens is 243 g/mol. The van der Waals surface area contributed by atoms with Gasteiger partial charge < -0.3 is 10.2 Å². The van der Waals surface area contributed by atoms with E-state index >= 15 is 0 Å². The van der Waals surface area contributed by atoms with E-state index in [1.165, 1.54) is 0 Å². The van der Waals surface area contributed by atoms with Crippen LogP contribution in [0.3, 0.4) is 0 Å². The van der Waals surface area contributed by atoms with Gasteiger partial charge in [-0.05, 0) is 19.4 Å². The normalized spacial score (nSPS) is 15.9. The lowest BCUT2D eigenvalue weighted by Crippen LogP contribution is -2.47. The number of rotatable bonds is 2. The smallest absolute Gasteiger partial charge is 0.413 e. The molecule has 0 radical (unpaired) electrons. The topological polar surface area (TPSA) is 39.2 Å². The Morgan fingerprint density at radius 3 is 2.39 bits per heavy atom. The summed E-state index contributed by atoms with van der Waals surface area (Å²) in [5.41, 5.74) is 3.92. The molecule has 1 aromatic heterocycles. The van der Waals surface area contributed by atoms with E-state index in [9.17, 15) is 13.2 Å². The van der Waals surface area contributed by atoms with Crippen LogP contribution in [0.15, 0.2) is 28.7 Å². The Bertz CT molecular complexity index is 569. The molecule has 2 aromatic rings. The van der Waals surface area contributed by atoms with Crippen molar-refractivity contribution in [2.75, 3.05) is 0 Å². The zero-order valence-corrected chi connectivity index (χ0v) is 10.1. The van der Waals surface area contributed by atoms with Crippen molar-refractivity contribution in [3.05, 3.63) is 35.6 Å². The Balaban J connectivity index is 2.72. The molecule has 0 fully saturated rings. The highest BCUT2D eigenvalue weighted by Gasteiger charge is 2.52. The second kappa shape index (κ2) is 4.02. The first-order chi connectivity index (χ1) is 8.29. The van der Waals surface area contributed by atoms with Crippen molar-refractivity contribution in [1.29, 1.82) is 0 Å². The van der Waals surface area contributed by atoms with Crippen LogP contribution >= 0.6 is 0 Å². The van der Waals surface area contributed by atoms with Gasteiger partial charge in [0.15, 0.2) is 5.54 Å². The van der Waals surface area contributed by atoms with Crippen molar-refractivity contribution < 1.29 is 17.6 Å². The van der Waals surface area contributed by atoms with E-state index in [0.717, 1.165) is 6.92 Å². The zero-order valence-electron chi connectivity index (χ0n) is 10.1. The molecule has 0 amide bonds. The van der Waals surface area contributed by atoms with Crippen molar-refractivity contribution in [2.24, 2.45) is 5.73 Å². The summed E-state index contributed by atoms with van der Waals surface area (Å²) in [4.78, 5) is 0. The molecule has 1 aromatic carbocycles. The highest BCUT2D eigenvalue weighted by atomic mass is 19.4. The summed E-state index contributed by atoms with van der Waals surface area (Å²) in [5, 5.41) is 0.691. The average molecular weight is 257 g/mol. The number of hydrogen-bond acceptors (Lipinski definition) is 2. The first kappa shape index (κ1) is 13.0. The molecule has 98 valence electrons. The Morgan fingerprint density at radius 2 is 1.83 bits per heavy atom. The van der Waals surface area contributed by atoms with Gasteiger partial charge in [0.05, 0.1) is 0 Å². The third-order valence-electron chi connectivity index (χ3n) is 3.11. The lowest BCUT2D eigenvalue weighted by Gasteiger charge is -2.26. The molecule has 0 saturated carbocycles. The molecule has 1 unspecified atom stereocenters. The number of halogens is 3. The van der Waals surface area contributed by atoms with E-state index in [0.29, 0.717) is 23.0 Å². The summed E-state index contributed by atoms with van der Waals surface area (Å²) in [6, 6.07) is 6.87. The van der Waals surface area contributed by atoms with E-state index in [2.05, 4.69) is 0 Å². The van der Waals surface area contributed by atoms with Crippen molar-refractivity contribution >= 4 is 11.0 Å². The summed E-state index contributed by atoms with van der Waals surface area (Å²) >= 11 is 0. The molecule has 0 bridgehead atoms. The summed E-state index contributed by atoms with van der Waals surface area (Å²) < 4.78 is 44.3. The van der Waals surface area contributed by atoms with Crippen LogP contribution in [0.1, 0.15) is 25.2 Å². The van der Waals surface area contributed by atoms with E-state index in [4.69, 9.17) is 10.2 Å². The van der Waals surface area contributed by atoms with Gasteiger partial charge in [0.2, 0.25) is 0 Å². The molecule has 0 saturated heterocycles. The number of aryl methyl sites for hydroxylation is 1. The molecule has 2 rings (SSSR count). The van der Waals surface area contributed by atoms with Crippen molar-refractivity contribution in [3.8, 4) is 0 Å². The van der Waals surface area contributed by atoms with Gasteiger partial charge >= 0.3 is 6.18 Å². The molecule has 1 atom stereocenters. The number of para-hydroxylation sites is 1. The third-order valence-corrected chi connectivity index (χ3v) is 3.11. The van der Waals surface area contributed by atoms with Crippen LogP contribution in [0, 0.1) is 0 Å². The summed E-state index contributed by atoms with van der Waals surface area (Å²) in [6.45, 7) is 2.72. The van der Waals surface area contributed by atoms with Gasteiger partial charge in [-0.15, -0.1) is 0 Å². The van der Waals surface area contributed by atoms with E-state index in [-0.39, 0.29) is 5.76 Å². The third kappa shape index (κ3) is 1.79. The van der Waals surface area contributed by atoms with Crippen LogP contribution < -0.4 is 5.73 Å². The van der Waals surface area contributed by atoms with Gasteiger partial charge in [-0.3, -0.25) is 0 Å². The molecule has 0 spiro atoms. The number of furan rings is 1. The van der Waals surface area contributed by atoms with E-state index in [1.54, 1.807) is 31.2 Å². The molecule has 0 aliphatic rings. The summed E-state index contributed by atoms with van der Waals surface area (Å²) in [5.74, 6) is -0.196. The minimum absolute atomic E-state index is 0.196. The molecule has 5 heteroatoms. The van der Waals surface area contributed by atoms with Crippen LogP contribution in [0.5, 0.6) is 0 Å². The Hall–Kier alpha value is -1.49. The lowest BCUT2D eigenvalue weighted by molar-refractivity contribution is -0.188. The summed E-state index contributed by atoms with van der Waals surface area (Å²) in [7, 11) is 0. The zero-order chi connectivity index (χ0) is 13.6.